The molecule has 1 aliphatic heterocycles. The molecule has 1 aromatic rings. The van der Waals surface area contributed by atoms with Crippen molar-refractivity contribution in [3.05, 3.63) is 35.9 Å². The Morgan fingerprint density at radius 1 is 1.40 bits per heavy atom. The zero-order valence-electron chi connectivity index (χ0n) is 12.3. The van der Waals surface area contributed by atoms with E-state index in [2.05, 4.69) is 26.0 Å². The molecule has 0 bridgehead atoms. The molecule has 0 amide bonds. The van der Waals surface area contributed by atoms with Gasteiger partial charge in [-0.25, -0.2) is 0 Å². The van der Waals surface area contributed by atoms with Gasteiger partial charge in [0.2, 0.25) is 0 Å². The second-order valence-electron chi connectivity index (χ2n) is 6.39. The molecule has 0 N–H and O–H groups in total. The monoisotopic (exact) mass is 275 g/mol. The van der Waals surface area contributed by atoms with Crippen LogP contribution in [-0.2, 0) is 16.0 Å². The zero-order chi connectivity index (χ0) is 14.6. The summed E-state index contributed by atoms with van der Waals surface area (Å²) in [6.45, 7) is 4.88. The van der Waals surface area contributed by atoms with Crippen molar-refractivity contribution < 1.29 is 14.6 Å². The van der Waals surface area contributed by atoms with E-state index < -0.39 is 5.97 Å². The van der Waals surface area contributed by atoms with Crippen LogP contribution >= 0.6 is 0 Å². The normalized spacial score (nSPS) is 23.2. The molecule has 1 aliphatic rings. The summed E-state index contributed by atoms with van der Waals surface area (Å²) in [6, 6.07) is 10.1. The fraction of sp³-hybridized carbons (Fsp3) is 0.588. The summed E-state index contributed by atoms with van der Waals surface area (Å²) in [7, 11) is 0. The summed E-state index contributed by atoms with van der Waals surface area (Å²) in [6.07, 6.45) is 2.79. The molecule has 1 heterocycles. The van der Waals surface area contributed by atoms with Crippen molar-refractivity contribution in [3.63, 3.8) is 0 Å². The SMILES string of the molecule is CC1(C)C[C@H]([C@H](CC(=O)[O-])Cc2ccccc2)CCO1. The molecule has 3 heteroatoms. The van der Waals surface area contributed by atoms with Crippen LogP contribution in [0.2, 0.25) is 0 Å². The van der Waals surface area contributed by atoms with Crippen molar-refractivity contribution in [2.75, 3.05) is 6.61 Å². The van der Waals surface area contributed by atoms with Crippen LogP contribution in [0.5, 0.6) is 0 Å². The van der Waals surface area contributed by atoms with Gasteiger partial charge in [-0.05, 0) is 56.9 Å². The van der Waals surface area contributed by atoms with Crippen LogP contribution in [0.3, 0.4) is 0 Å². The number of carboxylic acid groups (broad SMARTS) is 1. The summed E-state index contributed by atoms with van der Waals surface area (Å²) in [5.41, 5.74) is 1.05. The minimum atomic E-state index is -0.949. The molecule has 0 spiro atoms. The van der Waals surface area contributed by atoms with Crippen LogP contribution in [0.25, 0.3) is 0 Å². The largest absolute Gasteiger partial charge is 0.550 e. The first kappa shape index (κ1) is 15.0. The molecule has 2 atom stereocenters. The number of hydrogen-bond donors (Lipinski definition) is 0. The second-order valence-corrected chi connectivity index (χ2v) is 6.39. The Morgan fingerprint density at radius 2 is 2.10 bits per heavy atom. The highest BCUT2D eigenvalue weighted by Crippen LogP contribution is 2.36. The van der Waals surface area contributed by atoms with Crippen LogP contribution < -0.4 is 5.11 Å². The molecule has 1 aromatic carbocycles. The Hall–Kier alpha value is -1.35. The average Bonchev–Trinajstić information content (AvgIpc) is 2.37. The van der Waals surface area contributed by atoms with Gasteiger partial charge in [-0.3, -0.25) is 0 Å². The Labute approximate surface area is 121 Å². The maximum absolute atomic E-state index is 11.1. The number of benzene rings is 1. The summed E-state index contributed by atoms with van der Waals surface area (Å²) in [5.74, 6) is -0.433. The maximum Gasteiger partial charge on any atom is 0.0629 e. The highest BCUT2D eigenvalue weighted by atomic mass is 16.5. The highest BCUT2D eigenvalue weighted by Gasteiger charge is 2.33. The van der Waals surface area contributed by atoms with Gasteiger partial charge in [0, 0.05) is 12.6 Å². The fourth-order valence-electron chi connectivity index (χ4n) is 3.22. The second kappa shape index (κ2) is 6.40. The number of aliphatic carboxylic acids is 1. The summed E-state index contributed by atoms with van der Waals surface area (Å²) in [5, 5.41) is 11.1. The van der Waals surface area contributed by atoms with E-state index in [1.807, 2.05) is 18.2 Å². The van der Waals surface area contributed by atoms with E-state index in [4.69, 9.17) is 4.74 Å². The molecular formula is C17H23O3-. The topological polar surface area (TPSA) is 49.4 Å². The van der Waals surface area contributed by atoms with Gasteiger partial charge in [-0.15, -0.1) is 0 Å². The lowest BCUT2D eigenvalue weighted by atomic mass is 9.76. The molecule has 20 heavy (non-hydrogen) atoms. The van der Waals surface area contributed by atoms with E-state index in [9.17, 15) is 9.90 Å². The molecule has 0 saturated carbocycles. The van der Waals surface area contributed by atoms with E-state index in [0.717, 1.165) is 25.9 Å². The quantitative estimate of drug-likeness (QED) is 0.827. The van der Waals surface area contributed by atoms with Crippen LogP contribution in [-0.4, -0.2) is 18.2 Å². The number of rotatable bonds is 5. The van der Waals surface area contributed by atoms with Gasteiger partial charge < -0.3 is 14.6 Å². The van der Waals surface area contributed by atoms with E-state index in [1.165, 1.54) is 5.56 Å². The van der Waals surface area contributed by atoms with Crippen molar-refractivity contribution in [1.82, 2.24) is 0 Å². The first-order valence-corrected chi connectivity index (χ1v) is 7.34. The predicted octanol–water partition coefficient (Wildman–Crippen LogP) is 2.19. The number of hydrogen-bond acceptors (Lipinski definition) is 3. The first-order valence-electron chi connectivity index (χ1n) is 7.34. The van der Waals surface area contributed by atoms with Crippen molar-refractivity contribution in [1.29, 1.82) is 0 Å². The maximum atomic E-state index is 11.1. The van der Waals surface area contributed by atoms with Gasteiger partial charge in [-0.2, -0.15) is 0 Å². The zero-order valence-corrected chi connectivity index (χ0v) is 12.3. The van der Waals surface area contributed by atoms with Crippen molar-refractivity contribution in [3.8, 4) is 0 Å². The smallest absolute Gasteiger partial charge is 0.0629 e. The van der Waals surface area contributed by atoms with Crippen LogP contribution in [0.15, 0.2) is 30.3 Å². The van der Waals surface area contributed by atoms with Gasteiger partial charge in [0.1, 0.15) is 0 Å². The molecule has 2 rings (SSSR count). The summed E-state index contributed by atoms with van der Waals surface area (Å²) in [4.78, 5) is 11.1. The average molecular weight is 275 g/mol. The van der Waals surface area contributed by atoms with E-state index >= 15 is 0 Å². The molecule has 3 nitrogen and oxygen atoms in total. The molecule has 1 saturated heterocycles. The fourth-order valence-corrected chi connectivity index (χ4v) is 3.22. The Balaban J connectivity index is 2.08. The molecule has 0 aliphatic carbocycles. The molecule has 0 radical (unpaired) electrons. The molecule has 1 fully saturated rings. The van der Waals surface area contributed by atoms with Crippen molar-refractivity contribution in [2.45, 2.75) is 45.1 Å². The van der Waals surface area contributed by atoms with Gasteiger partial charge in [0.15, 0.2) is 0 Å². The van der Waals surface area contributed by atoms with Crippen molar-refractivity contribution in [2.24, 2.45) is 11.8 Å². The Kier molecular flexibility index (Phi) is 4.81. The summed E-state index contributed by atoms with van der Waals surface area (Å²) >= 11 is 0. The van der Waals surface area contributed by atoms with Crippen LogP contribution in [0.1, 0.15) is 38.7 Å². The van der Waals surface area contributed by atoms with Gasteiger partial charge >= 0.3 is 0 Å². The van der Waals surface area contributed by atoms with Crippen LogP contribution in [0.4, 0.5) is 0 Å². The highest BCUT2D eigenvalue weighted by molar-refractivity contribution is 5.64. The number of carboxylic acids is 1. The number of carbonyl (C=O) groups excluding carboxylic acids is 1. The van der Waals surface area contributed by atoms with Gasteiger partial charge in [0.05, 0.1) is 5.60 Å². The van der Waals surface area contributed by atoms with E-state index in [1.54, 1.807) is 0 Å². The Bertz CT molecular complexity index is 439. The predicted molar refractivity (Wildman–Crippen MR) is 76.0 cm³/mol. The third-order valence-corrected chi connectivity index (χ3v) is 4.17. The van der Waals surface area contributed by atoms with Crippen LogP contribution in [0, 0.1) is 11.8 Å². The summed E-state index contributed by atoms with van der Waals surface area (Å²) < 4.78 is 5.74. The molecule has 110 valence electrons. The standard InChI is InChI=1S/C17H24O3/c1-17(2)12-14(8-9-20-17)15(11-16(18)19)10-13-6-4-3-5-7-13/h3-7,14-15H,8-12H2,1-2H3,(H,18,19)/p-1/t14-,15+/m1/s1. The molecule has 0 aromatic heterocycles. The minimum Gasteiger partial charge on any atom is -0.550 e. The van der Waals surface area contributed by atoms with E-state index in [-0.39, 0.29) is 17.9 Å². The third kappa shape index (κ3) is 4.34. The third-order valence-electron chi connectivity index (χ3n) is 4.17. The van der Waals surface area contributed by atoms with Gasteiger partial charge in [-0.1, -0.05) is 30.3 Å². The Morgan fingerprint density at radius 3 is 2.70 bits per heavy atom. The molecule has 0 unspecified atom stereocenters. The lowest BCUT2D eigenvalue weighted by Gasteiger charge is -2.39. The number of carbonyl (C=O) groups is 1. The lowest BCUT2D eigenvalue weighted by Crippen LogP contribution is -2.39. The minimum absolute atomic E-state index is 0.130. The lowest BCUT2D eigenvalue weighted by molar-refractivity contribution is -0.307. The first-order chi connectivity index (χ1) is 9.46. The number of ether oxygens (including phenoxy) is 1. The van der Waals surface area contributed by atoms with Crippen molar-refractivity contribution >= 4 is 5.97 Å². The van der Waals surface area contributed by atoms with E-state index in [0.29, 0.717) is 5.92 Å². The van der Waals surface area contributed by atoms with Gasteiger partial charge in [0.25, 0.3) is 0 Å². The molecular weight excluding hydrogens is 252 g/mol.